The van der Waals surface area contributed by atoms with Gasteiger partial charge in [-0.1, -0.05) is 26.7 Å². The number of pyridine rings is 1. The van der Waals surface area contributed by atoms with Crippen LogP contribution < -0.4 is 0 Å². The van der Waals surface area contributed by atoms with Gasteiger partial charge >= 0.3 is 0 Å². The summed E-state index contributed by atoms with van der Waals surface area (Å²) in [5, 5.41) is 10.2. The molecule has 1 aromatic heterocycles. The van der Waals surface area contributed by atoms with Gasteiger partial charge in [-0.05, 0) is 62.1 Å². The van der Waals surface area contributed by atoms with Crippen LogP contribution in [0.3, 0.4) is 0 Å². The van der Waals surface area contributed by atoms with Crippen molar-refractivity contribution in [3.63, 3.8) is 0 Å². The van der Waals surface area contributed by atoms with Gasteiger partial charge < -0.3 is 5.11 Å². The van der Waals surface area contributed by atoms with E-state index in [1.165, 1.54) is 42.6 Å². The minimum Gasteiger partial charge on any atom is -0.393 e. The lowest BCUT2D eigenvalue weighted by Crippen LogP contribution is -2.18. The maximum atomic E-state index is 10.2. The van der Waals surface area contributed by atoms with Crippen molar-refractivity contribution in [3.8, 4) is 0 Å². The minimum absolute atomic E-state index is 0.106. The summed E-state index contributed by atoms with van der Waals surface area (Å²) in [5.74, 6) is 0.554. The number of aryl methyl sites for hydroxylation is 3. The second kappa shape index (κ2) is 7.04. The van der Waals surface area contributed by atoms with E-state index >= 15 is 0 Å². The zero-order chi connectivity index (χ0) is 13.7. The van der Waals surface area contributed by atoms with Gasteiger partial charge in [0.25, 0.3) is 0 Å². The number of hydrogen-bond donors (Lipinski definition) is 1. The molecular formula is C17H27NO. The Morgan fingerprint density at radius 2 is 1.74 bits per heavy atom. The summed E-state index contributed by atoms with van der Waals surface area (Å²) in [7, 11) is 0. The maximum absolute atomic E-state index is 10.2. The molecule has 2 rings (SSSR count). The van der Waals surface area contributed by atoms with E-state index in [1.54, 1.807) is 0 Å². The van der Waals surface area contributed by atoms with Crippen LogP contribution in [0, 0.1) is 5.92 Å². The normalized spacial score (nSPS) is 17.8. The van der Waals surface area contributed by atoms with E-state index in [9.17, 15) is 5.11 Å². The largest absolute Gasteiger partial charge is 0.393 e. The molecule has 106 valence electrons. The van der Waals surface area contributed by atoms with Crippen molar-refractivity contribution in [2.75, 3.05) is 0 Å². The first kappa shape index (κ1) is 14.5. The van der Waals surface area contributed by atoms with Crippen molar-refractivity contribution >= 4 is 0 Å². The molecule has 0 radical (unpaired) electrons. The Morgan fingerprint density at radius 3 is 2.26 bits per heavy atom. The molecule has 0 saturated heterocycles. The average Bonchev–Trinajstić information content (AvgIpc) is 2.98. The van der Waals surface area contributed by atoms with Gasteiger partial charge in [-0.2, -0.15) is 0 Å². The number of rotatable bonds is 6. The SMILES string of the molecule is CCc1cc(CCC(O)C2CCCC2)cc(CC)n1. The van der Waals surface area contributed by atoms with Gasteiger partial charge in [0, 0.05) is 11.4 Å². The third-order valence-corrected chi connectivity index (χ3v) is 4.39. The van der Waals surface area contributed by atoms with Gasteiger partial charge in [-0.25, -0.2) is 0 Å². The zero-order valence-corrected chi connectivity index (χ0v) is 12.4. The van der Waals surface area contributed by atoms with E-state index in [2.05, 4.69) is 31.0 Å². The van der Waals surface area contributed by atoms with Crippen molar-refractivity contribution in [2.24, 2.45) is 5.92 Å². The van der Waals surface area contributed by atoms with E-state index in [1.807, 2.05) is 0 Å². The Balaban J connectivity index is 1.94. The summed E-state index contributed by atoms with van der Waals surface area (Å²) >= 11 is 0. The van der Waals surface area contributed by atoms with Crippen LogP contribution >= 0.6 is 0 Å². The molecule has 1 aliphatic carbocycles. The fourth-order valence-corrected chi connectivity index (χ4v) is 3.12. The van der Waals surface area contributed by atoms with Gasteiger partial charge in [0.05, 0.1) is 6.10 Å². The van der Waals surface area contributed by atoms with Crippen molar-refractivity contribution < 1.29 is 5.11 Å². The van der Waals surface area contributed by atoms with Crippen LogP contribution in [0.4, 0.5) is 0 Å². The topological polar surface area (TPSA) is 33.1 Å². The van der Waals surface area contributed by atoms with Crippen LogP contribution in [0.5, 0.6) is 0 Å². The smallest absolute Gasteiger partial charge is 0.0571 e. The van der Waals surface area contributed by atoms with Crippen molar-refractivity contribution in [3.05, 3.63) is 29.1 Å². The van der Waals surface area contributed by atoms with Crippen LogP contribution in [0.25, 0.3) is 0 Å². The standard InChI is InChI=1S/C17H27NO/c1-3-15-11-13(12-16(4-2)18-15)9-10-17(19)14-7-5-6-8-14/h11-12,14,17,19H,3-10H2,1-2H3. The molecule has 1 fully saturated rings. The van der Waals surface area contributed by atoms with Crippen molar-refractivity contribution in [1.82, 2.24) is 4.98 Å². The first-order chi connectivity index (χ1) is 9.22. The van der Waals surface area contributed by atoms with Gasteiger partial charge in [-0.15, -0.1) is 0 Å². The fourth-order valence-electron chi connectivity index (χ4n) is 3.12. The second-order valence-corrected chi connectivity index (χ2v) is 5.82. The molecule has 2 nitrogen and oxygen atoms in total. The van der Waals surface area contributed by atoms with Gasteiger partial charge in [0.15, 0.2) is 0 Å². The maximum Gasteiger partial charge on any atom is 0.0571 e. The first-order valence-corrected chi connectivity index (χ1v) is 7.89. The number of aliphatic hydroxyl groups is 1. The quantitative estimate of drug-likeness (QED) is 0.847. The number of aromatic nitrogens is 1. The van der Waals surface area contributed by atoms with Crippen LogP contribution in [-0.2, 0) is 19.3 Å². The highest BCUT2D eigenvalue weighted by Crippen LogP contribution is 2.29. The van der Waals surface area contributed by atoms with Gasteiger partial charge in [-0.3, -0.25) is 4.98 Å². The summed E-state index contributed by atoms with van der Waals surface area (Å²) in [6, 6.07) is 4.42. The molecule has 19 heavy (non-hydrogen) atoms. The summed E-state index contributed by atoms with van der Waals surface area (Å²) in [6.07, 6.45) is 8.81. The average molecular weight is 261 g/mol. The lowest BCUT2D eigenvalue weighted by atomic mass is 9.95. The molecule has 0 amide bonds. The Kier molecular flexibility index (Phi) is 5.38. The lowest BCUT2D eigenvalue weighted by Gasteiger charge is -2.17. The number of nitrogens with zero attached hydrogens (tertiary/aromatic N) is 1. The predicted octanol–water partition coefficient (Wildman–Crippen LogP) is 3.69. The molecule has 0 aromatic carbocycles. The number of hydrogen-bond acceptors (Lipinski definition) is 2. The molecule has 0 bridgehead atoms. The molecule has 1 saturated carbocycles. The van der Waals surface area contributed by atoms with Crippen molar-refractivity contribution in [2.45, 2.75) is 71.3 Å². The molecule has 1 unspecified atom stereocenters. The van der Waals surface area contributed by atoms with Gasteiger partial charge in [0.1, 0.15) is 0 Å². The third kappa shape index (κ3) is 4.04. The Hall–Kier alpha value is -0.890. The van der Waals surface area contributed by atoms with E-state index in [0.29, 0.717) is 5.92 Å². The lowest BCUT2D eigenvalue weighted by molar-refractivity contribution is 0.102. The molecular weight excluding hydrogens is 234 g/mol. The third-order valence-electron chi connectivity index (χ3n) is 4.39. The van der Waals surface area contributed by atoms with E-state index in [-0.39, 0.29) is 6.10 Å². The zero-order valence-electron chi connectivity index (χ0n) is 12.4. The summed E-state index contributed by atoms with van der Waals surface area (Å²) in [4.78, 5) is 4.61. The Bertz CT molecular complexity index is 374. The second-order valence-electron chi connectivity index (χ2n) is 5.82. The molecule has 1 aliphatic rings. The van der Waals surface area contributed by atoms with E-state index in [0.717, 1.165) is 25.7 Å². The Labute approximate surface area is 117 Å². The first-order valence-electron chi connectivity index (χ1n) is 7.89. The van der Waals surface area contributed by atoms with Crippen molar-refractivity contribution in [1.29, 1.82) is 0 Å². The highest BCUT2D eigenvalue weighted by molar-refractivity contribution is 5.22. The van der Waals surface area contributed by atoms with Crippen LogP contribution in [-0.4, -0.2) is 16.2 Å². The van der Waals surface area contributed by atoms with E-state index in [4.69, 9.17) is 0 Å². The summed E-state index contributed by atoms with van der Waals surface area (Å²) in [6.45, 7) is 4.30. The minimum atomic E-state index is -0.106. The molecule has 1 atom stereocenters. The van der Waals surface area contributed by atoms with Crippen LogP contribution in [0.2, 0.25) is 0 Å². The molecule has 0 spiro atoms. The van der Waals surface area contributed by atoms with Gasteiger partial charge in [0.2, 0.25) is 0 Å². The fraction of sp³-hybridized carbons (Fsp3) is 0.706. The molecule has 2 heteroatoms. The van der Waals surface area contributed by atoms with Crippen LogP contribution in [0.15, 0.2) is 12.1 Å². The number of aliphatic hydroxyl groups excluding tert-OH is 1. The summed E-state index contributed by atoms with van der Waals surface area (Å²) < 4.78 is 0. The monoisotopic (exact) mass is 261 g/mol. The van der Waals surface area contributed by atoms with E-state index < -0.39 is 0 Å². The summed E-state index contributed by atoms with van der Waals surface area (Å²) in [5.41, 5.74) is 3.72. The molecule has 0 aliphatic heterocycles. The molecule has 1 N–H and O–H groups in total. The molecule has 1 aromatic rings. The highest BCUT2D eigenvalue weighted by Gasteiger charge is 2.22. The predicted molar refractivity (Wildman–Crippen MR) is 79.3 cm³/mol. The Morgan fingerprint density at radius 1 is 1.16 bits per heavy atom. The molecule has 1 heterocycles. The highest BCUT2D eigenvalue weighted by atomic mass is 16.3. The van der Waals surface area contributed by atoms with Crippen LogP contribution in [0.1, 0.15) is 62.9 Å².